The lowest BCUT2D eigenvalue weighted by molar-refractivity contribution is -0.386. The van der Waals surface area contributed by atoms with Gasteiger partial charge < -0.3 is 14.2 Å². The van der Waals surface area contributed by atoms with Crippen LogP contribution in [0.1, 0.15) is 5.56 Å². The molecule has 6 nitrogen and oxygen atoms in total. The average Bonchev–Trinajstić information content (AvgIpc) is 2.52. The molecule has 0 aliphatic heterocycles. The number of benzene rings is 2. The largest absolute Gasteiger partial charge is 0.496 e. The first-order chi connectivity index (χ1) is 10.5. The van der Waals surface area contributed by atoms with Gasteiger partial charge in [0.25, 0.3) is 0 Å². The molecule has 2 rings (SSSR count). The Balaban J connectivity index is 2.25. The van der Waals surface area contributed by atoms with Crippen molar-refractivity contribution >= 4 is 17.3 Å². The molecule has 0 heterocycles. The van der Waals surface area contributed by atoms with Gasteiger partial charge in [-0.3, -0.25) is 10.1 Å². The van der Waals surface area contributed by atoms with Crippen LogP contribution in [0.3, 0.4) is 0 Å². The number of hydrogen-bond acceptors (Lipinski definition) is 5. The smallest absolute Gasteiger partial charge is 0.314 e. The van der Waals surface area contributed by atoms with Crippen LogP contribution >= 0.6 is 11.6 Å². The molecule has 0 bridgehead atoms. The van der Waals surface area contributed by atoms with Gasteiger partial charge in [0.2, 0.25) is 0 Å². The fourth-order valence-corrected chi connectivity index (χ4v) is 2.10. The molecule has 0 N–H and O–H groups in total. The van der Waals surface area contributed by atoms with Gasteiger partial charge in [0.1, 0.15) is 18.1 Å². The Hall–Kier alpha value is -2.47. The van der Waals surface area contributed by atoms with Crippen molar-refractivity contribution in [1.82, 2.24) is 0 Å². The summed E-state index contributed by atoms with van der Waals surface area (Å²) < 4.78 is 15.7. The summed E-state index contributed by atoms with van der Waals surface area (Å²) in [5, 5.41) is 11.6. The number of rotatable bonds is 6. The molecular formula is C15H14ClNO5. The van der Waals surface area contributed by atoms with E-state index in [1.807, 2.05) is 0 Å². The molecule has 0 atom stereocenters. The molecule has 0 fully saturated rings. The predicted octanol–water partition coefficient (Wildman–Crippen LogP) is 3.84. The number of nitro groups is 1. The van der Waals surface area contributed by atoms with Gasteiger partial charge in [-0.2, -0.15) is 0 Å². The Morgan fingerprint density at radius 2 is 1.82 bits per heavy atom. The zero-order valence-corrected chi connectivity index (χ0v) is 12.8. The number of nitro benzene ring substituents is 1. The first kappa shape index (κ1) is 15.9. The Bertz CT molecular complexity index is 690. The molecule has 116 valence electrons. The van der Waals surface area contributed by atoms with Crippen molar-refractivity contribution in [2.24, 2.45) is 0 Å². The normalized spacial score (nSPS) is 10.1. The zero-order valence-electron chi connectivity index (χ0n) is 12.0. The van der Waals surface area contributed by atoms with E-state index in [9.17, 15) is 10.1 Å². The molecule has 0 saturated carbocycles. The van der Waals surface area contributed by atoms with Crippen LogP contribution < -0.4 is 14.2 Å². The van der Waals surface area contributed by atoms with Crippen molar-refractivity contribution in [3.63, 3.8) is 0 Å². The highest BCUT2D eigenvalue weighted by atomic mass is 35.5. The monoisotopic (exact) mass is 323 g/mol. The topological polar surface area (TPSA) is 70.8 Å². The summed E-state index contributed by atoms with van der Waals surface area (Å²) in [5.41, 5.74) is 0.528. The highest BCUT2D eigenvalue weighted by Gasteiger charge is 2.17. The van der Waals surface area contributed by atoms with Crippen molar-refractivity contribution in [3.05, 3.63) is 57.1 Å². The lowest BCUT2D eigenvalue weighted by Crippen LogP contribution is -2.01. The molecular weight excluding hydrogens is 310 g/mol. The maximum absolute atomic E-state index is 11.1. The second kappa shape index (κ2) is 7.00. The molecule has 2 aromatic carbocycles. The van der Waals surface area contributed by atoms with Crippen molar-refractivity contribution in [2.75, 3.05) is 14.2 Å². The molecule has 22 heavy (non-hydrogen) atoms. The summed E-state index contributed by atoms with van der Waals surface area (Å²) in [5.74, 6) is 1.13. The van der Waals surface area contributed by atoms with E-state index in [2.05, 4.69) is 0 Å². The van der Waals surface area contributed by atoms with Crippen LogP contribution in [0.5, 0.6) is 17.2 Å². The minimum atomic E-state index is -0.521. The van der Waals surface area contributed by atoms with E-state index in [0.717, 1.165) is 0 Å². The van der Waals surface area contributed by atoms with Gasteiger partial charge in [-0.15, -0.1) is 0 Å². The maximum Gasteiger partial charge on any atom is 0.314 e. The standard InChI is InChI=1S/C15H14ClNO5/c1-20-12-4-6-15(13(8-12)17(18)19)22-9-10-7-11(16)3-5-14(10)21-2/h3-8H,9H2,1-2H3. The Labute approximate surface area is 132 Å². The van der Waals surface area contributed by atoms with Crippen LogP contribution in [0.2, 0.25) is 5.02 Å². The fourth-order valence-electron chi connectivity index (χ4n) is 1.90. The van der Waals surface area contributed by atoms with Gasteiger partial charge >= 0.3 is 5.69 Å². The molecule has 0 aromatic heterocycles. The number of ether oxygens (including phenoxy) is 3. The number of halogens is 1. The van der Waals surface area contributed by atoms with E-state index < -0.39 is 4.92 Å². The summed E-state index contributed by atoms with van der Waals surface area (Å²) in [6.07, 6.45) is 0. The van der Waals surface area contributed by atoms with Crippen molar-refractivity contribution in [2.45, 2.75) is 6.61 Å². The molecule has 0 aliphatic carbocycles. The first-order valence-electron chi connectivity index (χ1n) is 6.32. The van der Waals surface area contributed by atoms with Gasteiger partial charge in [0.05, 0.1) is 25.2 Å². The second-order valence-corrected chi connectivity index (χ2v) is 4.77. The molecule has 0 unspecified atom stereocenters. The van der Waals surface area contributed by atoms with Gasteiger partial charge in [-0.25, -0.2) is 0 Å². The summed E-state index contributed by atoms with van der Waals surface area (Å²) in [7, 11) is 2.97. The predicted molar refractivity (Wildman–Crippen MR) is 82.0 cm³/mol. The lowest BCUT2D eigenvalue weighted by atomic mass is 10.2. The van der Waals surface area contributed by atoms with Crippen LogP contribution in [-0.4, -0.2) is 19.1 Å². The number of hydrogen-bond donors (Lipinski definition) is 0. The molecule has 0 radical (unpaired) electrons. The Morgan fingerprint density at radius 1 is 1.09 bits per heavy atom. The third kappa shape index (κ3) is 3.59. The molecule has 0 amide bonds. The summed E-state index contributed by atoms with van der Waals surface area (Å²) in [4.78, 5) is 10.6. The third-order valence-electron chi connectivity index (χ3n) is 2.99. The van der Waals surface area contributed by atoms with E-state index in [0.29, 0.717) is 22.1 Å². The molecule has 0 saturated heterocycles. The van der Waals surface area contributed by atoms with Gasteiger partial charge in [0, 0.05) is 10.6 Å². The molecule has 0 aliphatic rings. The van der Waals surface area contributed by atoms with E-state index in [-0.39, 0.29) is 18.0 Å². The fraction of sp³-hybridized carbons (Fsp3) is 0.200. The van der Waals surface area contributed by atoms with Crippen molar-refractivity contribution in [3.8, 4) is 17.2 Å². The van der Waals surface area contributed by atoms with Crippen LogP contribution in [-0.2, 0) is 6.61 Å². The van der Waals surface area contributed by atoms with E-state index in [4.69, 9.17) is 25.8 Å². The summed E-state index contributed by atoms with van der Waals surface area (Å²) >= 11 is 5.94. The van der Waals surface area contributed by atoms with Gasteiger partial charge in [-0.05, 0) is 30.3 Å². The van der Waals surface area contributed by atoms with E-state index >= 15 is 0 Å². The first-order valence-corrected chi connectivity index (χ1v) is 6.70. The minimum Gasteiger partial charge on any atom is -0.496 e. The number of methoxy groups -OCH3 is 2. The van der Waals surface area contributed by atoms with Crippen LogP contribution in [0, 0.1) is 10.1 Å². The highest BCUT2D eigenvalue weighted by Crippen LogP contribution is 2.32. The summed E-state index contributed by atoms with van der Waals surface area (Å²) in [6.45, 7) is 0.0941. The van der Waals surface area contributed by atoms with Crippen LogP contribution in [0.15, 0.2) is 36.4 Å². The van der Waals surface area contributed by atoms with Crippen molar-refractivity contribution < 1.29 is 19.1 Å². The Morgan fingerprint density at radius 3 is 2.45 bits per heavy atom. The van der Waals surface area contributed by atoms with Gasteiger partial charge in [-0.1, -0.05) is 11.6 Å². The molecule has 2 aromatic rings. The lowest BCUT2D eigenvalue weighted by Gasteiger charge is -2.11. The zero-order chi connectivity index (χ0) is 16.1. The van der Waals surface area contributed by atoms with E-state index in [1.165, 1.54) is 26.4 Å². The second-order valence-electron chi connectivity index (χ2n) is 4.34. The molecule has 0 spiro atoms. The summed E-state index contributed by atoms with van der Waals surface area (Å²) in [6, 6.07) is 9.50. The third-order valence-corrected chi connectivity index (χ3v) is 3.22. The number of nitrogens with zero attached hydrogens (tertiary/aromatic N) is 1. The Kier molecular flexibility index (Phi) is 5.06. The van der Waals surface area contributed by atoms with Gasteiger partial charge in [0.15, 0.2) is 5.75 Å². The van der Waals surface area contributed by atoms with Crippen LogP contribution in [0.4, 0.5) is 5.69 Å². The highest BCUT2D eigenvalue weighted by molar-refractivity contribution is 6.30. The maximum atomic E-state index is 11.1. The average molecular weight is 324 g/mol. The minimum absolute atomic E-state index is 0.0941. The molecule has 7 heteroatoms. The van der Waals surface area contributed by atoms with Crippen molar-refractivity contribution in [1.29, 1.82) is 0 Å². The SMILES string of the molecule is COc1ccc(OCc2cc(Cl)ccc2OC)c([N+](=O)[O-])c1. The van der Waals surface area contributed by atoms with E-state index in [1.54, 1.807) is 24.3 Å². The quantitative estimate of drug-likeness (QED) is 0.596. The van der Waals surface area contributed by atoms with Crippen LogP contribution in [0.25, 0.3) is 0 Å².